The van der Waals surface area contributed by atoms with E-state index >= 15 is 4.79 Å². The quantitative estimate of drug-likeness (QED) is 0.0524. The number of aliphatic hydroxyl groups is 3. The Morgan fingerprint density at radius 2 is 1.74 bits per heavy atom. The van der Waals surface area contributed by atoms with Crippen LogP contribution in [-0.2, 0) is 52.5 Å². The van der Waals surface area contributed by atoms with E-state index in [0.29, 0.717) is 93.7 Å². The molecule has 6 aliphatic rings. The van der Waals surface area contributed by atoms with Gasteiger partial charge in [0.25, 0.3) is 5.91 Å². The molecule has 10 rings (SSSR count). The number of carbonyl (C=O) groups is 4. The molecule has 2 amide bonds. The molecule has 1 spiro atoms. The van der Waals surface area contributed by atoms with Crippen LogP contribution in [0.2, 0.25) is 0 Å². The lowest BCUT2D eigenvalue weighted by atomic mass is 9.47. The topological polar surface area (TPSA) is 206 Å². The number of hydrazine groups is 1. The number of aliphatic hydroxyl groups excluding tert-OH is 1. The fourth-order valence-corrected chi connectivity index (χ4v) is 14.0. The molecule has 360 valence electrons. The second-order valence-corrected chi connectivity index (χ2v) is 20.0. The van der Waals surface area contributed by atoms with E-state index in [4.69, 9.17) is 14.2 Å². The summed E-state index contributed by atoms with van der Waals surface area (Å²) in [5.74, 6) is -2.13. The highest BCUT2D eigenvalue weighted by Crippen LogP contribution is 2.67. The van der Waals surface area contributed by atoms with Crippen LogP contribution in [0.3, 0.4) is 0 Å². The van der Waals surface area contributed by atoms with E-state index in [1.165, 1.54) is 19.1 Å². The van der Waals surface area contributed by atoms with E-state index in [1.807, 2.05) is 80.6 Å². The molecule has 16 heteroatoms. The number of ether oxygens (including phenoxy) is 3. The van der Waals surface area contributed by atoms with Crippen LogP contribution in [0.15, 0.2) is 78.9 Å². The Hall–Kier alpha value is -5.62. The van der Waals surface area contributed by atoms with Gasteiger partial charge in [0.1, 0.15) is 30.4 Å². The van der Waals surface area contributed by atoms with Crippen molar-refractivity contribution in [2.24, 2.45) is 11.3 Å². The van der Waals surface area contributed by atoms with Crippen molar-refractivity contribution >= 4 is 40.8 Å². The molecule has 3 fully saturated rings. The van der Waals surface area contributed by atoms with Crippen molar-refractivity contribution in [1.29, 1.82) is 0 Å². The normalized spacial score (nSPS) is 33.5. The highest BCUT2D eigenvalue weighted by Gasteiger charge is 2.79. The van der Waals surface area contributed by atoms with Crippen LogP contribution in [0.1, 0.15) is 73.9 Å². The molecule has 4 aromatic rings. The summed E-state index contributed by atoms with van der Waals surface area (Å²) < 4.78 is 17.7. The number of nitrogens with zero attached hydrogens (tertiary/aromatic N) is 3. The van der Waals surface area contributed by atoms with Gasteiger partial charge in [-0.1, -0.05) is 74.5 Å². The number of fused-ring (bicyclic) bond motifs is 6. The molecule has 2 saturated heterocycles. The molecule has 10 atom stereocenters. The first-order chi connectivity index (χ1) is 32.8. The zero-order valence-corrected chi connectivity index (χ0v) is 39.1. The number of hydrogen-bond acceptors (Lipinski definition) is 13. The van der Waals surface area contributed by atoms with Gasteiger partial charge in [-0.15, -0.1) is 0 Å². The van der Waals surface area contributed by atoms with Crippen molar-refractivity contribution in [3.63, 3.8) is 0 Å². The number of methoxy groups -OCH3 is 2. The van der Waals surface area contributed by atoms with Crippen LogP contribution in [0.25, 0.3) is 10.9 Å². The van der Waals surface area contributed by atoms with Crippen molar-refractivity contribution in [2.75, 3.05) is 58.4 Å². The molecule has 1 aliphatic carbocycles. The third-order valence-electron chi connectivity index (χ3n) is 16.8. The van der Waals surface area contributed by atoms with Gasteiger partial charge >= 0.3 is 11.9 Å². The number of esters is 2. The van der Waals surface area contributed by atoms with Crippen molar-refractivity contribution in [2.45, 2.75) is 99.2 Å². The molecule has 3 aromatic carbocycles. The standard InChI is InChI=1S/C52H62N6O10/c1-5-48(64)25-33-26-51(47(63)67-4,42-35(17-21-56(28-33)30-48)34-15-10-11-16-38(34)54-42)37-23-36-39(24-40(37)66-3)58(31-59)44-50(36)19-22-57-20-12-18-49(6-2,43(50)57)45(61)52(44,65)46(62)55-53-27-41(60)68-29-32-13-8-7-9-14-32/h7-16,18,23-24,31,33,43-45,53-54,61,64-65H,5-6,17,19-22,25-30H2,1-4H3,(H,55,62)/t33-,43-,44+,45+,48-,49+,50+,51-,52-/m0/s1. The Labute approximate surface area is 395 Å². The average Bonchev–Trinajstić information content (AvgIpc) is 4.03. The minimum Gasteiger partial charge on any atom is -0.496 e. The number of piperidine rings is 1. The second-order valence-electron chi connectivity index (χ2n) is 20.0. The Bertz CT molecular complexity index is 2680. The smallest absolute Gasteiger partial charge is 0.322 e. The lowest BCUT2D eigenvalue weighted by Crippen LogP contribution is -2.82. The number of para-hydroxylation sites is 1. The van der Waals surface area contributed by atoms with Crippen molar-refractivity contribution in [1.82, 2.24) is 25.6 Å². The van der Waals surface area contributed by atoms with E-state index < -0.39 is 70.0 Å². The van der Waals surface area contributed by atoms with E-state index in [2.05, 4.69) is 31.7 Å². The minimum absolute atomic E-state index is 0.0166. The average molecular weight is 931 g/mol. The van der Waals surface area contributed by atoms with Crippen LogP contribution >= 0.6 is 0 Å². The van der Waals surface area contributed by atoms with Crippen LogP contribution in [0.4, 0.5) is 5.69 Å². The van der Waals surface area contributed by atoms with E-state index in [0.717, 1.165) is 22.0 Å². The number of H-pyrrole nitrogens is 1. The fraction of sp³-hybridized carbons (Fsp3) is 0.500. The number of benzene rings is 3. The molecule has 6 heterocycles. The number of hydrogen-bond donors (Lipinski definition) is 6. The molecule has 16 nitrogen and oxygen atoms in total. The van der Waals surface area contributed by atoms with Gasteiger partial charge in [-0.3, -0.25) is 34.4 Å². The summed E-state index contributed by atoms with van der Waals surface area (Å²) in [7, 11) is 2.89. The molecule has 6 N–H and O–H groups in total. The number of aromatic amines is 1. The fourth-order valence-electron chi connectivity index (χ4n) is 14.0. The van der Waals surface area contributed by atoms with Gasteiger partial charge in [-0.2, -0.15) is 0 Å². The molecular formula is C52H62N6O10. The maximum Gasteiger partial charge on any atom is 0.322 e. The molecule has 5 aliphatic heterocycles. The predicted molar refractivity (Wildman–Crippen MR) is 251 cm³/mol. The summed E-state index contributed by atoms with van der Waals surface area (Å²) in [4.78, 5) is 66.7. The van der Waals surface area contributed by atoms with Crippen molar-refractivity contribution < 1.29 is 48.7 Å². The van der Waals surface area contributed by atoms with Crippen LogP contribution < -0.4 is 20.5 Å². The maximum atomic E-state index is 15.4. The molecule has 1 unspecified atom stereocenters. The summed E-state index contributed by atoms with van der Waals surface area (Å²) in [6, 6.07) is 18.9. The van der Waals surface area contributed by atoms with Crippen LogP contribution in [0, 0.1) is 11.3 Å². The summed E-state index contributed by atoms with van der Waals surface area (Å²) in [5.41, 5.74) is 2.25. The Balaban J connectivity index is 1.15. The van der Waals surface area contributed by atoms with E-state index in [-0.39, 0.29) is 24.7 Å². The first kappa shape index (κ1) is 46.1. The van der Waals surface area contributed by atoms with Crippen LogP contribution in [0.5, 0.6) is 5.75 Å². The maximum absolute atomic E-state index is 15.4. The first-order valence-electron chi connectivity index (χ1n) is 23.9. The number of carbonyl (C=O) groups excluding carboxylic acids is 4. The molecule has 68 heavy (non-hydrogen) atoms. The number of anilines is 1. The molecule has 1 aromatic heterocycles. The van der Waals surface area contributed by atoms with Gasteiger partial charge in [0.2, 0.25) is 6.41 Å². The van der Waals surface area contributed by atoms with Crippen molar-refractivity contribution in [3.05, 3.63) is 107 Å². The highest BCUT2D eigenvalue weighted by atomic mass is 16.5. The first-order valence-corrected chi connectivity index (χ1v) is 23.9. The second kappa shape index (κ2) is 17.1. The summed E-state index contributed by atoms with van der Waals surface area (Å²) >= 11 is 0. The van der Waals surface area contributed by atoms with Gasteiger partial charge in [0.05, 0.1) is 31.5 Å². The monoisotopic (exact) mass is 930 g/mol. The van der Waals surface area contributed by atoms with Crippen LogP contribution in [-0.4, -0.2) is 137 Å². The third kappa shape index (κ3) is 6.62. The summed E-state index contributed by atoms with van der Waals surface area (Å²) in [6.07, 6.45) is 5.22. The SMILES string of the molecule is CC[C@]1(O)C[C@@H]2CN(CCc3c([nH]c4ccccc34)[C@@](C(=O)OC)(c3cc4c(cc3OC)N(C=O)[C@H]3[C@@](O)(C(=O)NNCC(=O)OCc5ccccc5)[C@H](O)[C@]5(CC)C=CCN6CC[C@]43[C@@H]65)C2)C1. The Kier molecular flexibility index (Phi) is 11.6. The molecular weight excluding hydrogens is 869 g/mol. The molecule has 0 radical (unpaired) electrons. The largest absolute Gasteiger partial charge is 0.496 e. The molecule has 2 bridgehead atoms. The van der Waals surface area contributed by atoms with E-state index in [1.54, 1.807) is 6.07 Å². The van der Waals surface area contributed by atoms with Gasteiger partial charge in [-0.05, 0) is 79.8 Å². The zero-order valence-electron chi connectivity index (χ0n) is 39.1. The van der Waals surface area contributed by atoms with Gasteiger partial charge in [0, 0.05) is 71.3 Å². The Morgan fingerprint density at radius 1 is 0.956 bits per heavy atom. The minimum atomic E-state index is -2.67. The number of aromatic nitrogens is 1. The predicted octanol–water partition coefficient (Wildman–Crippen LogP) is 3.14. The summed E-state index contributed by atoms with van der Waals surface area (Å²) in [5, 5.41) is 39.2. The number of rotatable bonds is 12. The number of nitrogens with one attached hydrogen (secondary N) is 3. The van der Waals surface area contributed by atoms with Gasteiger partial charge in [-0.25, -0.2) is 5.43 Å². The highest BCUT2D eigenvalue weighted by molar-refractivity contribution is 5.97. The number of amides is 2. The van der Waals surface area contributed by atoms with Gasteiger partial charge < -0.3 is 39.4 Å². The molecule has 1 saturated carbocycles. The van der Waals surface area contributed by atoms with Crippen molar-refractivity contribution in [3.8, 4) is 5.75 Å². The zero-order chi connectivity index (χ0) is 47.8. The lowest BCUT2D eigenvalue weighted by Gasteiger charge is -2.63. The third-order valence-corrected chi connectivity index (χ3v) is 16.8. The van der Waals surface area contributed by atoms with Gasteiger partial charge in [0.15, 0.2) is 5.60 Å². The summed E-state index contributed by atoms with van der Waals surface area (Å²) in [6.45, 7) is 6.33. The Morgan fingerprint density at radius 3 is 2.47 bits per heavy atom. The lowest BCUT2D eigenvalue weighted by molar-refractivity contribution is -0.204. The van der Waals surface area contributed by atoms with E-state index in [9.17, 15) is 29.7 Å².